The van der Waals surface area contributed by atoms with E-state index in [1.807, 2.05) is 0 Å². The summed E-state index contributed by atoms with van der Waals surface area (Å²) >= 11 is 0. The van der Waals surface area contributed by atoms with Crippen LogP contribution in [0.1, 0.15) is 17.3 Å². The summed E-state index contributed by atoms with van der Waals surface area (Å²) in [7, 11) is 0. The van der Waals surface area contributed by atoms with E-state index < -0.39 is 11.9 Å². The highest BCUT2D eigenvalue weighted by Gasteiger charge is 2.09. The van der Waals surface area contributed by atoms with Crippen molar-refractivity contribution in [1.29, 1.82) is 0 Å². The van der Waals surface area contributed by atoms with Crippen LogP contribution in [0.3, 0.4) is 0 Å². The first-order chi connectivity index (χ1) is 16.0. The molecule has 0 aromatic heterocycles. The van der Waals surface area contributed by atoms with Crippen LogP contribution in [0.5, 0.6) is 11.5 Å². The zero-order chi connectivity index (χ0) is 23.9. The van der Waals surface area contributed by atoms with Crippen LogP contribution in [0.2, 0.25) is 0 Å². The van der Waals surface area contributed by atoms with E-state index >= 15 is 0 Å². The molecule has 2 aromatic carbocycles. The minimum atomic E-state index is -0.503. The molecule has 2 aromatic rings. The quantitative estimate of drug-likeness (QED) is 0.200. The van der Waals surface area contributed by atoms with Gasteiger partial charge >= 0.3 is 11.9 Å². The number of amides is 1. The van der Waals surface area contributed by atoms with E-state index in [4.69, 9.17) is 23.7 Å². The molecule has 0 saturated carbocycles. The minimum absolute atomic E-state index is 0.169. The van der Waals surface area contributed by atoms with Gasteiger partial charge in [-0.1, -0.05) is 6.58 Å². The molecule has 0 fully saturated rings. The molecule has 0 aliphatic rings. The van der Waals surface area contributed by atoms with E-state index in [1.165, 1.54) is 6.92 Å². The Morgan fingerprint density at radius 2 is 1.39 bits per heavy atom. The van der Waals surface area contributed by atoms with E-state index in [0.717, 1.165) is 6.08 Å². The van der Waals surface area contributed by atoms with Crippen molar-refractivity contribution in [3.05, 3.63) is 66.7 Å². The molecule has 0 unspecified atom stereocenters. The van der Waals surface area contributed by atoms with Gasteiger partial charge in [-0.25, -0.2) is 9.59 Å². The van der Waals surface area contributed by atoms with Crippen molar-refractivity contribution < 1.29 is 38.1 Å². The third kappa shape index (κ3) is 10.4. The predicted octanol–water partition coefficient (Wildman–Crippen LogP) is 3.01. The summed E-state index contributed by atoms with van der Waals surface area (Å²) in [4.78, 5) is 34.1. The highest BCUT2D eigenvalue weighted by atomic mass is 16.6. The van der Waals surface area contributed by atoms with Gasteiger partial charge in [-0.2, -0.15) is 0 Å². The van der Waals surface area contributed by atoms with Gasteiger partial charge in [0.15, 0.2) is 0 Å². The van der Waals surface area contributed by atoms with Crippen molar-refractivity contribution in [2.75, 3.05) is 45.0 Å². The van der Waals surface area contributed by atoms with Gasteiger partial charge in [0.2, 0.25) is 5.91 Å². The van der Waals surface area contributed by atoms with E-state index in [-0.39, 0.29) is 19.1 Å². The average molecular weight is 457 g/mol. The van der Waals surface area contributed by atoms with E-state index in [2.05, 4.69) is 11.9 Å². The fourth-order valence-corrected chi connectivity index (χ4v) is 2.46. The minimum Gasteiger partial charge on any atom is -0.491 e. The fourth-order valence-electron chi connectivity index (χ4n) is 2.46. The fraction of sp³-hybridized carbons (Fsp3) is 0.292. The van der Waals surface area contributed by atoms with Crippen LogP contribution >= 0.6 is 0 Å². The standard InChI is InChI=1S/C24H27NO8/c1-3-23(27)32-17-15-30-13-12-29-14-16-31-21-8-4-19(5-9-21)24(28)33-22-10-6-20(7-11-22)25-18(2)26/h3-11H,1,12-17H2,2H3,(H,25,26). The molecule has 0 spiro atoms. The summed E-state index contributed by atoms with van der Waals surface area (Å²) in [6.45, 7) is 6.63. The van der Waals surface area contributed by atoms with Gasteiger partial charge in [-0.15, -0.1) is 0 Å². The summed E-state index contributed by atoms with van der Waals surface area (Å²) in [5.74, 6) is -0.199. The Labute approximate surface area is 192 Å². The Kier molecular flexibility index (Phi) is 11.1. The molecule has 0 radical (unpaired) electrons. The number of carbonyl (C=O) groups is 3. The highest BCUT2D eigenvalue weighted by molar-refractivity contribution is 5.91. The number of carbonyl (C=O) groups excluding carboxylic acids is 3. The number of ether oxygens (including phenoxy) is 5. The second-order valence-corrected chi connectivity index (χ2v) is 6.56. The SMILES string of the molecule is C=CC(=O)OCCOCCOCCOc1ccc(C(=O)Oc2ccc(NC(C)=O)cc2)cc1. The number of rotatable bonds is 14. The molecular weight excluding hydrogens is 430 g/mol. The van der Waals surface area contributed by atoms with Crippen LogP contribution in [0, 0.1) is 0 Å². The number of anilines is 1. The first kappa shape index (κ1) is 25.6. The summed E-state index contributed by atoms with van der Waals surface area (Å²) in [6, 6.07) is 13.1. The Balaban J connectivity index is 1.60. The Bertz CT molecular complexity index is 909. The maximum atomic E-state index is 12.3. The molecule has 9 nitrogen and oxygen atoms in total. The van der Waals surface area contributed by atoms with Crippen LogP contribution in [0.15, 0.2) is 61.2 Å². The first-order valence-electron chi connectivity index (χ1n) is 10.3. The smallest absolute Gasteiger partial charge is 0.343 e. The van der Waals surface area contributed by atoms with Gasteiger partial charge in [-0.3, -0.25) is 4.79 Å². The molecule has 0 aliphatic heterocycles. The van der Waals surface area contributed by atoms with Crippen molar-refractivity contribution in [2.24, 2.45) is 0 Å². The number of esters is 2. The molecule has 176 valence electrons. The topological polar surface area (TPSA) is 109 Å². The highest BCUT2D eigenvalue weighted by Crippen LogP contribution is 2.18. The molecule has 1 N–H and O–H groups in total. The van der Waals surface area contributed by atoms with Gasteiger partial charge in [0.25, 0.3) is 0 Å². The normalized spacial score (nSPS) is 10.2. The van der Waals surface area contributed by atoms with Gasteiger partial charge < -0.3 is 29.0 Å². The Morgan fingerprint density at radius 3 is 2.00 bits per heavy atom. The lowest BCUT2D eigenvalue weighted by Crippen LogP contribution is -2.13. The van der Waals surface area contributed by atoms with Crippen molar-refractivity contribution in [1.82, 2.24) is 0 Å². The summed E-state index contributed by atoms with van der Waals surface area (Å²) < 4.78 is 26.3. The molecule has 0 heterocycles. The van der Waals surface area contributed by atoms with Crippen LogP contribution < -0.4 is 14.8 Å². The second kappa shape index (κ2) is 14.4. The third-order valence-corrected chi connectivity index (χ3v) is 3.98. The van der Waals surface area contributed by atoms with E-state index in [9.17, 15) is 14.4 Å². The monoisotopic (exact) mass is 457 g/mol. The summed E-state index contributed by atoms with van der Waals surface area (Å²) in [5, 5.41) is 2.64. The molecule has 2 rings (SSSR count). The number of benzene rings is 2. The Morgan fingerprint density at radius 1 is 0.818 bits per heavy atom. The van der Waals surface area contributed by atoms with Crippen LogP contribution in [0.4, 0.5) is 5.69 Å². The molecule has 0 bridgehead atoms. The Hall–Kier alpha value is -3.69. The molecule has 0 aliphatic carbocycles. The molecule has 33 heavy (non-hydrogen) atoms. The van der Waals surface area contributed by atoms with E-state index in [1.54, 1.807) is 48.5 Å². The number of hydrogen-bond donors (Lipinski definition) is 1. The maximum Gasteiger partial charge on any atom is 0.343 e. The molecule has 0 saturated heterocycles. The molecule has 9 heteroatoms. The molecule has 1 amide bonds. The maximum absolute atomic E-state index is 12.3. The second-order valence-electron chi connectivity index (χ2n) is 6.56. The summed E-state index contributed by atoms with van der Waals surface area (Å²) in [5.41, 5.74) is 0.993. The van der Waals surface area contributed by atoms with Gasteiger partial charge in [0.05, 0.1) is 32.0 Å². The average Bonchev–Trinajstić information content (AvgIpc) is 2.81. The van der Waals surface area contributed by atoms with Gasteiger partial charge in [0.1, 0.15) is 24.7 Å². The predicted molar refractivity (Wildman–Crippen MR) is 120 cm³/mol. The van der Waals surface area contributed by atoms with Gasteiger partial charge in [-0.05, 0) is 48.5 Å². The van der Waals surface area contributed by atoms with Crippen molar-refractivity contribution in [3.8, 4) is 11.5 Å². The van der Waals surface area contributed by atoms with Crippen molar-refractivity contribution >= 4 is 23.5 Å². The molecule has 0 atom stereocenters. The lowest BCUT2D eigenvalue weighted by molar-refractivity contribution is -0.139. The largest absolute Gasteiger partial charge is 0.491 e. The lowest BCUT2D eigenvalue weighted by Gasteiger charge is -2.09. The zero-order valence-electron chi connectivity index (χ0n) is 18.4. The van der Waals surface area contributed by atoms with Crippen LogP contribution in [-0.2, 0) is 23.8 Å². The zero-order valence-corrected chi connectivity index (χ0v) is 18.4. The van der Waals surface area contributed by atoms with Gasteiger partial charge in [0, 0.05) is 18.7 Å². The van der Waals surface area contributed by atoms with Crippen molar-refractivity contribution in [2.45, 2.75) is 6.92 Å². The molecular formula is C24H27NO8. The third-order valence-electron chi connectivity index (χ3n) is 3.98. The first-order valence-corrected chi connectivity index (χ1v) is 10.3. The van der Waals surface area contributed by atoms with E-state index in [0.29, 0.717) is 49.2 Å². The van der Waals surface area contributed by atoms with Crippen molar-refractivity contribution in [3.63, 3.8) is 0 Å². The van der Waals surface area contributed by atoms with Crippen LogP contribution in [-0.4, -0.2) is 57.5 Å². The van der Waals surface area contributed by atoms with Crippen LogP contribution in [0.25, 0.3) is 0 Å². The summed E-state index contributed by atoms with van der Waals surface area (Å²) in [6.07, 6.45) is 1.10. The number of hydrogen-bond acceptors (Lipinski definition) is 8. The number of nitrogens with one attached hydrogen (secondary N) is 1. The lowest BCUT2D eigenvalue weighted by atomic mass is 10.2.